The van der Waals surface area contributed by atoms with Crippen molar-refractivity contribution in [1.82, 2.24) is 19.9 Å². The molecule has 2 aromatic heterocycles. The first-order valence-corrected chi connectivity index (χ1v) is 8.64. The van der Waals surface area contributed by atoms with Gasteiger partial charge in [-0.2, -0.15) is 0 Å². The van der Waals surface area contributed by atoms with E-state index >= 15 is 0 Å². The van der Waals surface area contributed by atoms with E-state index in [1.807, 2.05) is 13.0 Å². The van der Waals surface area contributed by atoms with Crippen LogP contribution in [0.25, 0.3) is 0 Å². The molecule has 1 aliphatic carbocycles. The number of nitrogens with one attached hydrogen (secondary N) is 1. The zero-order valence-corrected chi connectivity index (χ0v) is 13.6. The van der Waals surface area contributed by atoms with Crippen LogP contribution >= 0.6 is 0 Å². The zero-order chi connectivity index (χ0) is 15.6. The number of aryl methyl sites for hydroxylation is 2. The first-order chi connectivity index (χ1) is 11.3. The second-order valence-corrected chi connectivity index (χ2v) is 6.25. The minimum atomic E-state index is 0.282. The Labute approximate surface area is 136 Å². The summed E-state index contributed by atoms with van der Waals surface area (Å²) >= 11 is 0. The number of nitrogens with zero attached hydrogens (tertiary/aromatic N) is 4. The summed E-state index contributed by atoms with van der Waals surface area (Å²) in [6, 6.07) is 2.22. The summed E-state index contributed by atoms with van der Waals surface area (Å²) in [4.78, 5) is 19.4. The largest absolute Gasteiger partial charge is 0.478 e. The minimum absolute atomic E-state index is 0.282. The first kappa shape index (κ1) is 14.5. The SMILES string of the molecule is CCOc1cc(N2CCC[C@H]2c2nc3c([nH]2)CCCC3)ncn1. The van der Waals surface area contributed by atoms with Gasteiger partial charge in [0.05, 0.1) is 18.3 Å². The van der Waals surface area contributed by atoms with E-state index in [0.717, 1.165) is 43.9 Å². The van der Waals surface area contributed by atoms with Crippen LogP contribution in [-0.4, -0.2) is 33.1 Å². The maximum Gasteiger partial charge on any atom is 0.218 e. The molecule has 1 fully saturated rings. The molecule has 2 aromatic rings. The molecule has 1 N–H and O–H groups in total. The van der Waals surface area contributed by atoms with E-state index in [0.29, 0.717) is 12.5 Å². The molecule has 0 saturated carbocycles. The number of fused-ring (bicyclic) bond motifs is 1. The molecule has 0 bridgehead atoms. The van der Waals surface area contributed by atoms with Gasteiger partial charge >= 0.3 is 0 Å². The van der Waals surface area contributed by atoms with Gasteiger partial charge in [0.2, 0.25) is 5.88 Å². The second-order valence-electron chi connectivity index (χ2n) is 6.25. The summed E-state index contributed by atoms with van der Waals surface area (Å²) in [6.07, 6.45) is 8.63. The van der Waals surface area contributed by atoms with Crippen molar-refractivity contribution in [3.63, 3.8) is 0 Å². The van der Waals surface area contributed by atoms with Crippen LogP contribution in [0.4, 0.5) is 5.82 Å². The summed E-state index contributed by atoms with van der Waals surface area (Å²) in [5.41, 5.74) is 2.62. The lowest BCUT2D eigenvalue weighted by Crippen LogP contribution is -2.24. The number of H-pyrrole nitrogens is 1. The Morgan fingerprint density at radius 1 is 1.26 bits per heavy atom. The molecule has 1 atom stereocenters. The third kappa shape index (κ3) is 2.78. The molecule has 4 rings (SSSR count). The molecule has 0 aromatic carbocycles. The van der Waals surface area contributed by atoms with Crippen molar-refractivity contribution in [3.05, 3.63) is 29.6 Å². The van der Waals surface area contributed by atoms with Gasteiger partial charge in [0, 0.05) is 18.3 Å². The summed E-state index contributed by atoms with van der Waals surface area (Å²) in [5.74, 6) is 2.67. The summed E-state index contributed by atoms with van der Waals surface area (Å²) in [5, 5.41) is 0. The molecule has 1 saturated heterocycles. The van der Waals surface area contributed by atoms with Crippen LogP contribution in [0.2, 0.25) is 0 Å². The van der Waals surface area contributed by atoms with E-state index in [4.69, 9.17) is 9.72 Å². The van der Waals surface area contributed by atoms with Crippen molar-refractivity contribution in [1.29, 1.82) is 0 Å². The van der Waals surface area contributed by atoms with Crippen LogP contribution < -0.4 is 9.64 Å². The van der Waals surface area contributed by atoms with Crippen LogP contribution in [0.1, 0.15) is 55.9 Å². The standard InChI is InChI=1S/C17H23N5O/c1-2-23-16-10-15(18-11-19-16)22-9-5-8-14(22)17-20-12-6-3-4-7-13(12)21-17/h10-11,14H,2-9H2,1H3,(H,20,21)/t14-/m0/s1. The monoisotopic (exact) mass is 313 g/mol. The van der Waals surface area contributed by atoms with E-state index in [-0.39, 0.29) is 6.04 Å². The van der Waals surface area contributed by atoms with Crippen LogP contribution in [0.3, 0.4) is 0 Å². The fourth-order valence-corrected chi connectivity index (χ4v) is 3.67. The highest BCUT2D eigenvalue weighted by molar-refractivity contribution is 5.44. The number of ether oxygens (including phenoxy) is 1. The van der Waals surface area contributed by atoms with Crippen molar-refractivity contribution >= 4 is 5.82 Å². The predicted octanol–water partition coefficient (Wildman–Crippen LogP) is 2.82. The van der Waals surface area contributed by atoms with Gasteiger partial charge in [0.15, 0.2) is 0 Å². The average Bonchev–Trinajstić information content (AvgIpc) is 3.22. The van der Waals surface area contributed by atoms with Gasteiger partial charge in [-0.3, -0.25) is 0 Å². The first-order valence-electron chi connectivity index (χ1n) is 8.64. The molecule has 1 aliphatic heterocycles. The number of anilines is 1. The van der Waals surface area contributed by atoms with Crippen LogP contribution in [-0.2, 0) is 12.8 Å². The molecule has 6 nitrogen and oxygen atoms in total. The average molecular weight is 313 g/mol. The summed E-state index contributed by atoms with van der Waals surface area (Å²) in [6.45, 7) is 3.58. The zero-order valence-electron chi connectivity index (χ0n) is 13.6. The molecule has 0 unspecified atom stereocenters. The van der Waals surface area contributed by atoms with Gasteiger partial charge < -0.3 is 14.6 Å². The van der Waals surface area contributed by atoms with Crippen LogP contribution in [0.5, 0.6) is 5.88 Å². The molecule has 0 radical (unpaired) electrons. The van der Waals surface area contributed by atoms with Crippen molar-refractivity contribution < 1.29 is 4.74 Å². The third-order valence-corrected chi connectivity index (χ3v) is 4.76. The number of hydrogen-bond donors (Lipinski definition) is 1. The lowest BCUT2D eigenvalue weighted by molar-refractivity contribution is 0.326. The van der Waals surface area contributed by atoms with Gasteiger partial charge in [-0.15, -0.1) is 0 Å². The highest BCUT2D eigenvalue weighted by atomic mass is 16.5. The predicted molar refractivity (Wildman–Crippen MR) is 87.8 cm³/mol. The number of aromatic nitrogens is 4. The Kier molecular flexibility index (Phi) is 3.89. The van der Waals surface area contributed by atoms with Gasteiger partial charge in [-0.1, -0.05) is 0 Å². The van der Waals surface area contributed by atoms with Gasteiger partial charge in [-0.05, 0) is 45.4 Å². The van der Waals surface area contributed by atoms with Crippen molar-refractivity contribution in [2.24, 2.45) is 0 Å². The summed E-state index contributed by atoms with van der Waals surface area (Å²) < 4.78 is 5.51. The number of rotatable bonds is 4. The third-order valence-electron chi connectivity index (χ3n) is 4.76. The van der Waals surface area contributed by atoms with Crippen molar-refractivity contribution in [2.75, 3.05) is 18.1 Å². The Bertz CT molecular complexity index is 660. The fourth-order valence-electron chi connectivity index (χ4n) is 3.67. The van der Waals surface area contributed by atoms with E-state index < -0.39 is 0 Å². The molecule has 0 spiro atoms. The lowest BCUT2D eigenvalue weighted by Gasteiger charge is -2.24. The summed E-state index contributed by atoms with van der Waals surface area (Å²) in [7, 11) is 0. The van der Waals surface area contributed by atoms with Crippen molar-refractivity contribution in [2.45, 2.75) is 51.5 Å². The van der Waals surface area contributed by atoms with Gasteiger partial charge in [0.1, 0.15) is 18.0 Å². The number of imidazole rings is 1. The Balaban J connectivity index is 1.61. The number of hydrogen-bond acceptors (Lipinski definition) is 5. The minimum Gasteiger partial charge on any atom is -0.478 e. The van der Waals surface area contributed by atoms with E-state index in [2.05, 4.69) is 19.9 Å². The quantitative estimate of drug-likeness (QED) is 0.940. The van der Waals surface area contributed by atoms with Crippen LogP contribution in [0.15, 0.2) is 12.4 Å². The Hall–Kier alpha value is -2.11. The maximum absolute atomic E-state index is 5.51. The molecule has 2 aliphatic rings. The second kappa shape index (κ2) is 6.18. The highest BCUT2D eigenvalue weighted by Crippen LogP contribution is 2.35. The molecule has 23 heavy (non-hydrogen) atoms. The van der Waals surface area contributed by atoms with Gasteiger partial charge in [0.25, 0.3) is 0 Å². The topological polar surface area (TPSA) is 66.9 Å². The molecule has 6 heteroatoms. The molecule has 3 heterocycles. The molecular weight excluding hydrogens is 290 g/mol. The Morgan fingerprint density at radius 3 is 3.04 bits per heavy atom. The molecule has 0 amide bonds. The normalized spacial score (nSPS) is 20.6. The van der Waals surface area contributed by atoms with E-state index in [1.54, 1.807) is 6.33 Å². The smallest absolute Gasteiger partial charge is 0.218 e. The molecular formula is C17H23N5O. The fraction of sp³-hybridized carbons (Fsp3) is 0.588. The van der Waals surface area contributed by atoms with Gasteiger partial charge in [-0.25, -0.2) is 15.0 Å². The number of aromatic amines is 1. The lowest BCUT2D eigenvalue weighted by atomic mass is 10.0. The van der Waals surface area contributed by atoms with Crippen molar-refractivity contribution in [3.8, 4) is 5.88 Å². The van der Waals surface area contributed by atoms with Crippen LogP contribution in [0, 0.1) is 0 Å². The Morgan fingerprint density at radius 2 is 2.17 bits per heavy atom. The maximum atomic E-state index is 5.51. The van der Waals surface area contributed by atoms with E-state index in [1.165, 1.54) is 24.2 Å². The van der Waals surface area contributed by atoms with E-state index in [9.17, 15) is 0 Å². The highest BCUT2D eigenvalue weighted by Gasteiger charge is 2.31. The molecule has 122 valence electrons.